The Bertz CT molecular complexity index is 462. The molecule has 1 saturated heterocycles. The van der Waals surface area contributed by atoms with Gasteiger partial charge in [0.1, 0.15) is 6.04 Å². The molecule has 1 aromatic carbocycles. The molecular weight excluding hydrogens is 230 g/mol. The van der Waals surface area contributed by atoms with Gasteiger partial charge in [-0.2, -0.15) is 0 Å². The maximum absolute atomic E-state index is 11.7. The number of methoxy groups -OCH3 is 1. The topological polar surface area (TPSA) is 76.4 Å². The molecule has 4 N–H and O–H groups in total. The Morgan fingerprint density at radius 3 is 2.67 bits per heavy atom. The van der Waals surface area contributed by atoms with Gasteiger partial charge < -0.3 is 10.5 Å². The molecule has 5 nitrogen and oxygen atoms in total. The number of aryl methyl sites for hydroxylation is 2. The minimum Gasteiger partial charge on any atom is -0.468 e. The average molecular weight is 249 g/mol. The van der Waals surface area contributed by atoms with Crippen LogP contribution in [0.25, 0.3) is 0 Å². The van der Waals surface area contributed by atoms with Crippen LogP contribution in [0.3, 0.4) is 0 Å². The van der Waals surface area contributed by atoms with Crippen molar-refractivity contribution in [1.29, 1.82) is 0 Å². The van der Waals surface area contributed by atoms with Gasteiger partial charge in [-0.05, 0) is 25.0 Å². The van der Waals surface area contributed by atoms with E-state index in [1.165, 1.54) is 12.7 Å². The number of carbonyl (C=O) groups excluding carboxylic acids is 1. The SMILES string of the molecule is COC(=O)C1NNC(N)C1c1ccc(C)cc1C. The van der Waals surface area contributed by atoms with Crippen molar-refractivity contribution < 1.29 is 9.53 Å². The highest BCUT2D eigenvalue weighted by molar-refractivity contribution is 5.77. The van der Waals surface area contributed by atoms with Gasteiger partial charge in [0.25, 0.3) is 0 Å². The third-order valence-corrected chi connectivity index (χ3v) is 3.39. The number of hydrogen-bond donors (Lipinski definition) is 3. The molecule has 1 heterocycles. The summed E-state index contributed by atoms with van der Waals surface area (Å²) in [5.41, 5.74) is 15.2. The minimum absolute atomic E-state index is 0.127. The number of carbonyl (C=O) groups is 1. The fraction of sp³-hybridized carbons (Fsp3) is 0.462. The molecule has 0 aromatic heterocycles. The second-order valence-corrected chi connectivity index (χ2v) is 4.70. The maximum atomic E-state index is 11.7. The van der Waals surface area contributed by atoms with E-state index in [1.807, 2.05) is 26.0 Å². The molecule has 3 unspecified atom stereocenters. The van der Waals surface area contributed by atoms with Crippen LogP contribution in [-0.4, -0.2) is 25.3 Å². The summed E-state index contributed by atoms with van der Waals surface area (Å²) in [7, 11) is 1.38. The van der Waals surface area contributed by atoms with Crippen LogP contribution < -0.4 is 16.6 Å². The Kier molecular flexibility index (Phi) is 3.65. The molecular formula is C13H19N3O2. The van der Waals surface area contributed by atoms with Gasteiger partial charge in [0, 0.05) is 5.92 Å². The molecule has 98 valence electrons. The van der Waals surface area contributed by atoms with Crippen molar-refractivity contribution in [1.82, 2.24) is 10.9 Å². The smallest absolute Gasteiger partial charge is 0.324 e. The number of esters is 1. The van der Waals surface area contributed by atoms with Crippen LogP contribution in [0.15, 0.2) is 18.2 Å². The number of ether oxygens (including phenoxy) is 1. The predicted octanol–water partition coefficient (Wildman–Crippen LogP) is 0.321. The molecule has 0 amide bonds. The Hall–Kier alpha value is -1.43. The van der Waals surface area contributed by atoms with Crippen molar-refractivity contribution in [2.75, 3.05) is 7.11 Å². The van der Waals surface area contributed by atoms with Crippen LogP contribution in [0.5, 0.6) is 0 Å². The van der Waals surface area contributed by atoms with Crippen LogP contribution in [0.4, 0.5) is 0 Å². The number of hydrogen-bond acceptors (Lipinski definition) is 5. The van der Waals surface area contributed by atoms with Gasteiger partial charge in [-0.1, -0.05) is 23.8 Å². The Balaban J connectivity index is 2.36. The van der Waals surface area contributed by atoms with E-state index in [4.69, 9.17) is 10.5 Å². The number of nitrogens with one attached hydrogen (secondary N) is 2. The van der Waals surface area contributed by atoms with Gasteiger partial charge in [-0.3, -0.25) is 4.79 Å². The largest absolute Gasteiger partial charge is 0.468 e. The fourth-order valence-electron chi connectivity index (χ4n) is 2.48. The van der Waals surface area contributed by atoms with E-state index in [2.05, 4.69) is 16.9 Å². The van der Waals surface area contributed by atoms with E-state index in [0.717, 1.165) is 11.1 Å². The maximum Gasteiger partial charge on any atom is 0.324 e. The van der Waals surface area contributed by atoms with Gasteiger partial charge in [0.05, 0.1) is 13.3 Å². The van der Waals surface area contributed by atoms with E-state index in [0.29, 0.717) is 0 Å². The highest BCUT2D eigenvalue weighted by Crippen LogP contribution is 2.28. The predicted molar refractivity (Wildman–Crippen MR) is 68.7 cm³/mol. The van der Waals surface area contributed by atoms with Crippen LogP contribution in [0, 0.1) is 13.8 Å². The zero-order valence-electron chi connectivity index (χ0n) is 10.9. The van der Waals surface area contributed by atoms with Gasteiger partial charge in [-0.25, -0.2) is 10.9 Å². The molecule has 18 heavy (non-hydrogen) atoms. The number of hydrazine groups is 1. The normalized spacial score (nSPS) is 27.2. The highest BCUT2D eigenvalue weighted by atomic mass is 16.5. The highest BCUT2D eigenvalue weighted by Gasteiger charge is 2.40. The van der Waals surface area contributed by atoms with Crippen molar-refractivity contribution in [2.24, 2.45) is 5.73 Å². The second-order valence-electron chi connectivity index (χ2n) is 4.70. The number of rotatable bonds is 2. The summed E-state index contributed by atoms with van der Waals surface area (Å²) in [5.74, 6) is -0.432. The van der Waals surface area contributed by atoms with Gasteiger partial charge in [0.2, 0.25) is 0 Å². The third kappa shape index (κ3) is 2.25. The zero-order valence-corrected chi connectivity index (χ0v) is 10.9. The molecule has 3 atom stereocenters. The number of benzene rings is 1. The van der Waals surface area contributed by atoms with Crippen molar-refractivity contribution in [3.63, 3.8) is 0 Å². The minimum atomic E-state index is -0.452. The van der Waals surface area contributed by atoms with Crippen LogP contribution in [0.2, 0.25) is 0 Å². The van der Waals surface area contributed by atoms with Crippen molar-refractivity contribution in [3.05, 3.63) is 34.9 Å². The third-order valence-electron chi connectivity index (χ3n) is 3.39. The van der Waals surface area contributed by atoms with Gasteiger partial charge in [-0.15, -0.1) is 0 Å². The first-order valence-corrected chi connectivity index (χ1v) is 5.96. The van der Waals surface area contributed by atoms with Crippen LogP contribution in [-0.2, 0) is 9.53 Å². The average Bonchev–Trinajstić information content (AvgIpc) is 2.70. The number of nitrogens with two attached hydrogens (primary N) is 1. The lowest BCUT2D eigenvalue weighted by Gasteiger charge is -2.21. The van der Waals surface area contributed by atoms with Crippen molar-refractivity contribution in [3.8, 4) is 0 Å². The molecule has 0 bridgehead atoms. The molecule has 0 saturated carbocycles. The van der Waals surface area contributed by atoms with Crippen LogP contribution in [0.1, 0.15) is 22.6 Å². The fourth-order valence-corrected chi connectivity index (χ4v) is 2.48. The molecule has 1 aromatic rings. The lowest BCUT2D eigenvalue weighted by molar-refractivity contribution is -0.143. The standard InChI is InChI=1S/C13H19N3O2/c1-7-4-5-9(8(2)6-7)10-11(13(17)18-3)15-16-12(10)14/h4-6,10-12,15-16H,14H2,1-3H3. The summed E-state index contributed by atoms with van der Waals surface area (Å²) in [4.78, 5) is 11.7. The molecule has 0 radical (unpaired) electrons. The van der Waals surface area contributed by atoms with E-state index >= 15 is 0 Å². The van der Waals surface area contributed by atoms with E-state index in [1.54, 1.807) is 0 Å². The summed E-state index contributed by atoms with van der Waals surface area (Å²) in [6.07, 6.45) is -0.310. The lowest BCUT2D eigenvalue weighted by Crippen LogP contribution is -2.39. The monoisotopic (exact) mass is 249 g/mol. The van der Waals surface area contributed by atoms with Gasteiger partial charge >= 0.3 is 5.97 Å². The first-order valence-electron chi connectivity index (χ1n) is 5.96. The molecule has 1 aliphatic rings. The quantitative estimate of drug-likeness (QED) is 0.658. The summed E-state index contributed by atoms with van der Waals surface area (Å²) < 4.78 is 4.80. The zero-order chi connectivity index (χ0) is 13.3. The first-order chi connectivity index (χ1) is 8.54. The van der Waals surface area contributed by atoms with Crippen LogP contribution >= 0.6 is 0 Å². The summed E-state index contributed by atoms with van der Waals surface area (Å²) in [6, 6.07) is 5.70. The lowest BCUT2D eigenvalue weighted by atomic mass is 9.87. The summed E-state index contributed by atoms with van der Waals surface area (Å²) in [6.45, 7) is 4.07. The van der Waals surface area contributed by atoms with Crippen molar-refractivity contribution in [2.45, 2.75) is 32.0 Å². The van der Waals surface area contributed by atoms with E-state index in [-0.39, 0.29) is 18.1 Å². The summed E-state index contributed by atoms with van der Waals surface area (Å²) in [5, 5.41) is 0. The molecule has 5 heteroatoms. The summed E-state index contributed by atoms with van der Waals surface area (Å²) >= 11 is 0. The Morgan fingerprint density at radius 1 is 1.33 bits per heavy atom. The Morgan fingerprint density at radius 2 is 2.06 bits per heavy atom. The first kappa shape index (κ1) is 13.0. The molecule has 0 spiro atoms. The van der Waals surface area contributed by atoms with E-state index in [9.17, 15) is 4.79 Å². The van der Waals surface area contributed by atoms with Crippen molar-refractivity contribution >= 4 is 5.97 Å². The molecule has 1 aliphatic heterocycles. The van der Waals surface area contributed by atoms with E-state index < -0.39 is 6.04 Å². The molecule has 0 aliphatic carbocycles. The molecule has 2 rings (SSSR count). The Labute approximate surface area is 107 Å². The second kappa shape index (κ2) is 5.06. The molecule has 1 fully saturated rings. The van der Waals surface area contributed by atoms with Gasteiger partial charge in [0.15, 0.2) is 0 Å².